The first-order valence-electron chi connectivity index (χ1n) is 7.40. The van der Waals surface area contributed by atoms with Crippen molar-refractivity contribution in [3.05, 3.63) is 30.6 Å². The fourth-order valence-electron chi connectivity index (χ4n) is 3.56. The Hall–Kier alpha value is -2.30. The Labute approximate surface area is 123 Å². The highest BCUT2D eigenvalue weighted by Gasteiger charge is 2.35. The largest absolute Gasteiger partial charge is 0.398 e. The Morgan fingerprint density at radius 2 is 2.10 bits per heavy atom. The smallest absolute Gasteiger partial charge is 0.223 e. The number of hydrogen-bond donors (Lipinski definition) is 1. The van der Waals surface area contributed by atoms with Crippen LogP contribution in [0.1, 0.15) is 12.8 Å². The summed E-state index contributed by atoms with van der Waals surface area (Å²) in [7, 11) is 0. The number of aromatic nitrogens is 1. The van der Waals surface area contributed by atoms with Gasteiger partial charge in [0.05, 0.1) is 0 Å². The second kappa shape index (κ2) is 4.62. The Morgan fingerprint density at radius 1 is 1.19 bits per heavy atom. The van der Waals surface area contributed by atoms with Crippen LogP contribution < -0.4 is 10.6 Å². The molecule has 21 heavy (non-hydrogen) atoms. The van der Waals surface area contributed by atoms with Crippen molar-refractivity contribution >= 4 is 28.1 Å². The molecular formula is C16H18N4O. The van der Waals surface area contributed by atoms with Crippen LogP contribution in [0.15, 0.2) is 30.6 Å². The number of anilines is 2. The molecule has 1 aromatic heterocycles. The number of fused-ring (bicyclic) bond motifs is 2. The third-order valence-corrected chi connectivity index (χ3v) is 4.66. The van der Waals surface area contributed by atoms with Crippen molar-refractivity contribution < 1.29 is 4.79 Å². The SMILES string of the molecule is Nc1ccc(N2CCN3C(=O)CCC3C2)c2ccncc12. The second-order valence-corrected chi connectivity index (χ2v) is 5.82. The molecule has 0 radical (unpaired) electrons. The summed E-state index contributed by atoms with van der Waals surface area (Å²) in [5.41, 5.74) is 8.00. The van der Waals surface area contributed by atoms with Gasteiger partial charge in [0, 0.05) is 66.6 Å². The first kappa shape index (κ1) is 12.4. The first-order valence-corrected chi connectivity index (χ1v) is 7.40. The number of carbonyl (C=O) groups is 1. The van der Waals surface area contributed by atoms with Gasteiger partial charge in [-0.25, -0.2) is 0 Å². The van der Waals surface area contributed by atoms with Gasteiger partial charge < -0.3 is 15.5 Å². The van der Waals surface area contributed by atoms with E-state index in [9.17, 15) is 4.79 Å². The Balaban J connectivity index is 1.71. The van der Waals surface area contributed by atoms with Gasteiger partial charge in [-0.3, -0.25) is 9.78 Å². The number of pyridine rings is 1. The predicted molar refractivity (Wildman–Crippen MR) is 83.1 cm³/mol. The molecule has 5 nitrogen and oxygen atoms in total. The Morgan fingerprint density at radius 3 is 3.00 bits per heavy atom. The van der Waals surface area contributed by atoms with Crippen LogP contribution in [0.4, 0.5) is 11.4 Å². The normalized spacial score (nSPS) is 21.9. The van der Waals surface area contributed by atoms with Gasteiger partial charge in [0.1, 0.15) is 0 Å². The number of rotatable bonds is 1. The van der Waals surface area contributed by atoms with Crippen LogP contribution in [0.2, 0.25) is 0 Å². The molecule has 0 spiro atoms. The van der Waals surface area contributed by atoms with E-state index in [2.05, 4.69) is 16.0 Å². The molecule has 1 amide bonds. The number of nitrogen functional groups attached to an aromatic ring is 1. The van der Waals surface area contributed by atoms with E-state index in [1.54, 1.807) is 6.20 Å². The van der Waals surface area contributed by atoms with Gasteiger partial charge in [-0.2, -0.15) is 0 Å². The molecule has 0 saturated carbocycles. The van der Waals surface area contributed by atoms with E-state index in [1.807, 2.05) is 23.2 Å². The van der Waals surface area contributed by atoms with Gasteiger partial charge in [-0.15, -0.1) is 0 Å². The van der Waals surface area contributed by atoms with Crippen LogP contribution in [0.25, 0.3) is 10.8 Å². The van der Waals surface area contributed by atoms with E-state index in [1.165, 1.54) is 5.69 Å². The van der Waals surface area contributed by atoms with Crippen LogP contribution in [0, 0.1) is 0 Å². The molecule has 108 valence electrons. The zero-order valence-electron chi connectivity index (χ0n) is 11.8. The minimum absolute atomic E-state index is 0.311. The number of carbonyl (C=O) groups excluding carboxylic acids is 1. The zero-order chi connectivity index (χ0) is 14.4. The van der Waals surface area contributed by atoms with Crippen molar-refractivity contribution in [2.45, 2.75) is 18.9 Å². The molecule has 5 heteroatoms. The summed E-state index contributed by atoms with van der Waals surface area (Å²) in [6, 6.07) is 6.42. The molecule has 3 heterocycles. The molecule has 1 aromatic carbocycles. The molecule has 2 aliphatic heterocycles. The topological polar surface area (TPSA) is 62.5 Å². The molecule has 2 N–H and O–H groups in total. The van der Waals surface area contributed by atoms with Crippen LogP contribution in [0.3, 0.4) is 0 Å². The van der Waals surface area contributed by atoms with Crippen LogP contribution in [-0.4, -0.2) is 41.5 Å². The van der Waals surface area contributed by atoms with Crippen LogP contribution in [0.5, 0.6) is 0 Å². The lowest BCUT2D eigenvalue weighted by Gasteiger charge is -2.39. The molecule has 0 aliphatic carbocycles. The summed E-state index contributed by atoms with van der Waals surface area (Å²) < 4.78 is 0. The lowest BCUT2D eigenvalue weighted by molar-refractivity contribution is -0.129. The highest BCUT2D eigenvalue weighted by Crippen LogP contribution is 2.33. The highest BCUT2D eigenvalue weighted by molar-refractivity contribution is 6.01. The molecule has 4 rings (SSSR count). The van der Waals surface area contributed by atoms with Gasteiger partial charge in [-0.05, 0) is 24.6 Å². The van der Waals surface area contributed by atoms with Crippen molar-refractivity contribution in [2.75, 3.05) is 30.3 Å². The molecular weight excluding hydrogens is 264 g/mol. The average Bonchev–Trinajstić information content (AvgIpc) is 2.89. The molecule has 2 saturated heterocycles. The monoisotopic (exact) mass is 282 g/mol. The maximum Gasteiger partial charge on any atom is 0.223 e. The van der Waals surface area contributed by atoms with E-state index in [0.29, 0.717) is 18.4 Å². The van der Waals surface area contributed by atoms with E-state index < -0.39 is 0 Å². The number of amides is 1. The predicted octanol–water partition coefficient (Wildman–Crippen LogP) is 1.63. The number of nitrogens with two attached hydrogens (primary N) is 1. The summed E-state index contributed by atoms with van der Waals surface area (Å²) >= 11 is 0. The highest BCUT2D eigenvalue weighted by atomic mass is 16.2. The number of hydrogen-bond acceptors (Lipinski definition) is 4. The van der Waals surface area contributed by atoms with Crippen molar-refractivity contribution in [2.24, 2.45) is 0 Å². The van der Waals surface area contributed by atoms with Crippen molar-refractivity contribution in [1.82, 2.24) is 9.88 Å². The first-order chi connectivity index (χ1) is 10.2. The third kappa shape index (κ3) is 1.92. The van der Waals surface area contributed by atoms with Gasteiger partial charge >= 0.3 is 0 Å². The Kier molecular flexibility index (Phi) is 2.74. The molecule has 2 aromatic rings. The van der Waals surface area contributed by atoms with Crippen LogP contribution >= 0.6 is 0 Å². The number of benzene rings is 1. The minimum Gasteiger partial charge on any atom is -0.398 e. The lowest BCUT2D eigenvalue weighted by atomic mass is 10.1. The Bertz CT molecular complexity index is 714. The molecule has 2 fully saturated rings. The van der Waals surface area contributed by atoms with E-state index in [0.717, 1.165) is 42.5 Å². The summed E-state index contributed by atoms with van der Waals surface area (Å²) in [6.07, 6.45) is 5.30. The fourth-order valence-corrected chi connectivity index (χ4v) is 3.56. The number of piperazine rings is 1. The van der Waals surface area contributed by atoms with E-state index >= 15 is 0 Å². The second-order valence-electron chi connectivity index (χ2n) is 5.82. The van der Waals surface area contributed by atoms with E-state index in [4.69, 9.17) is 5.73 Å². The van der Waals surface area contributed by atoms with Gasteiger partial charge in [0.15, 0.2) is 0 Å². The maximum absolute atomic E-state index is 11.8. The fraction of sp³-hybridized carbons (Fsp3) is 0.375. The van der Waals surface area contributed by atoms with Crippen molar-refractivity contribution in [3.63, 3.8) is 0 Å². The van der Waals surface area contributed by atoms with Crippen molar-refractivity contribution in [1.29, 1.82) is 0 Å². The summed E-state index contributed by atoms with van der Waals surface area (Å²) in [6.45, 7) is 2.61. The summed E-state index contributed by atoms with van der Waals surface area (Å²) in [4.78, 5) is 20.4. The van der Waals surface area contributed by atoms with Crippen LogP contribution in [-0.2, 0) is 4.79 Å². The average molecular weight is 282 g/mol. The quantitative estimate of drug-likeness (QED) is 0.808. The van der Waals surface area contributed by atoms with E-state index in [-0.39, 0.29) is 0 Å². The maximum atomic E-state index is 11.8. The third-order valence-electron chi connectivity index (χ3n) is 4.66. The lowest BCUT2D eigenvalue weighted by Crippen LogP contribution is -2.51. The summed E-state index contributed by atoms with van der Waals surface area (Å²) in [5, 5.41) is 2.14. The number of nitrogens with zero attached hydrogens (tertiary/aromatic N) is 3. The summed E-state index contributed by atoms with van der Waals surface area (Å²) in [5.74, 6) is 0.311. The molecule has 2 aliphatic rings. The molecule has 1 unspecified atom stereocenters. The minimum atomic E-state index is 0.311. The van der Waals surface area contributed by atoms with Gasteiger partial charge in [0.25, 0.3) is 0 Å². The van der Waals surface area contributed by atoms with Gasteiger partial charge in [0.2, 0.25) is 5.91 Å². The molecule has 1 atom stereocenters. The van der Waals surface area contributed by atoms with Crippen molar-refractivity contribution in [3.8, 4) is 0 Å². The standard InChI is InChI=1S/C16H18N4O/c17-14-2-3-15(12-5-6-18-9-13(12)14)19-7-8-20-11(10-19)1-4-16(20)21/h2-3,5-6,9,11H,1,4,7-8,10,17H2. The van der Waals surface area contributed by atoms with Gasteiger partial charge in [-0.1, -0.05) is 0 Å². The molecule has 0 bridgehead atoms. The zero-order valence-corrected chi connectivity index (χ0v) is 11.8.